The number of aromatic nitrogens is 1. The molecule has 0 radical (unpaired) electrons. The molecular formula is C15H25NO4. The van der Waals surface area contributed by atoms with Gasteiger partial charge in [-0.2, -0.15) is 0 Å². The van der Waals surface area contributed by atoms with Gasteiger partial charge in [0, 0.05) is 26.5 Å². The van der Waals surface area contributed by atoms with Crippen LogP contribution in [0.3, 0.4) is 0 Å². The minimum absolute atomic E-state index is 0.286. The van der Waals surface area contributed by atoms with Crippen LogP contribution in [0.5, 0.6) is 0 Å². The molecule has 114 valence electrons. The van der Waals surface area contributed by atoms with Crippen molar-refractivity contribution in [3.63, 3.8) is 0 Å². The van der Waals surface area contributed by atoms with Crippen LogP contribution in [0, 0.1) is 6.92 Å². The standard InChI is InChI=1S/C15H25NO4/c1-5-19-15(20-6-2,12-18-10-9-17-4)14-8-7-13(3)11-16-14/h7-8,11H,5-6,9-10,12H2,1-4H3. The van der Waals surface area contributed by atoms with Gasteiger partial charge in [-0.15, -0.1) is 0 Å². The first-order valence-electron chi connectivity index (χ1n) is 6.96. The van der Waals surface area contributed by atoms with Crippen LogP contribution in [-0.4, -0.2) is 45.1 Å². The van der Waals surface area contributed by atoms with Gasteiger partial charge in [0.25, 0.3) is 0 Å². The average molecular weight is 283 g/mol. The number of aryl methyl sites for hydroxylation is 1. The second kappa shape index (κ2) is 9.02. The maximum absolute atomic E-state index is 5.83. The Labute approximate surface area is 121 Å². The summed E-state index contributed by atoms with van der Waals surface area (Å²) in [6.07, 6.45) is 1.80. The Morgan fingerprint density at radius 1 is 1.10 bits per heavy atom. The number of hydrogen-bond acceptors (Lipinski definition) is 5. The smallest absolute Gasteiger partial charge is 0.236 e. The van der Waals surface area contributed by atoms with E-state index in [0.29, 0.717) is 26.4 Å². The molecule has 0 fully saturated rings. The molecule has 0 atom stereocenters. The lowest BCUT2D eigenvalue weighted by atomic mass is 10.1. The van der Waals surface area contributed by atoms with Crippen molar-refractivity contribution in [2.75, 3.05) is 40.1 Å². The SMILES string of the molecule is CCOC(COCCOC)(OCC)c1ccc(C)cn1. The maximum atomic E-state index is 5.83. The van der Waals surface area contributed by atoms with Crippen molar-refractivity contribution in [1.29, 1.82) is 0 Å². The quantitative estimate of drug-likeness (QED) is 0.487. The van der Waals surface area contributed by atoms with E-state index in [-0.39, 0.29) is 6.61 Å². The molecule has 0 saturated carbocycles. The lowest BCUT2D eigenvalue weighted by Crippen LogP contribution is -2.39. The molecule has 1 aromatic rings. The van der Waals surface area contributed by atoms with Gasteiger partial charge < -0.3 is 18.9 Å². The first kappa shape index (κ1) is 17.0. The molecule has 5 heteroatoms. The van der Waals surface area contributed by atoms with Gasteiger partial charge in [-0.1, -0.05) is 6.07 Å². The van der Waals surface area contributed by atoms with Crippen molar-refractivity contribution in [2.45, 2.75) is 26.6 Å². The van der Waals surface area contributed by atoms with Crippen LogP contribution in [0.25, 0.3) is 0 Å². The van der Waals surface area contributed by atoms with Crippen LogP contribution in [0.1, 0.15) is 25.1 Å². The van der Waals surface area contributed by atoms with E-state index in [0.717, 1.165) is 11.3 Å². The summed E-state index contributed by atoms with van der Waals surface area (Å²) in [4.78, 5) is 4.43. The molecule has 0 aromatic carbocycles. The highest BCUT2D eigenvalue weighted by molar-refractivity contribution is 5.16. The van der Waals surface area contributed by atoms with E-state index in [2.05, 4.69) is 4.98 Å². The monoisotopic (exact) mass is 283 g/mol. The van der Waals surface area contributed by atoms with Crippen LogP contribution in [0.4, 0.5) is 0 Å². The summed E-state index contributed by atoms with van der Waals surface area (Å²) in [6, 6.07) is 3.91. The number of pyridine rings is 1. The molecule has 0 unspecified atom stereocenters. The first-order valence-corrected chi connectivity index (χ1v) is 6.96. The molecule has 0 spiro atoms. The van der Waals surface area contributed by atoms with Gasteiger partial charge >= 0.3 is 0 Å². The fourth-order valence-electron chi connectivity index (χ4n) is 1.86. The van der Waals surface area contributed by atoms with E-state index in [1.807, 2.05) is 32.9 Å². The van der Waals surface area contributed by atoms with Crippen LogP contribution >= 0.6 is 0 Å². The molecule has 1 heterocycles. The second-order valence-electron chi connectivity index (χ2n) is 4.39. The van der Waals surface area contributed by atoms with Gasteiger partial charge in [-0.05, 0) is 32.4 Å². The Kier molecular flexibility index (Phi) is 7.69. The molecule has 1 aromatic heterocycles. The van der Waals surface area contributed by atoms with Crippen molar-refractivity contribution < 1.29 is 18.9 Å². The van der Waals surface area contributed by atoms with Crippen molar-refractivity contribution in [3.8, 4) is 0 Å². The zero-order valence-corrected chi connectivity index (χ0v) is 12.8. The lowest BCUT2D eigenvalue weighted by molar-refractivity contribution is -0.270. The predicted molar refractivity (Wildman–Crippen MR) is 76.6 cm³/mol. The number of methoxy groups -OCH3 is 1. The third-order valence-electron chi connectivity index (χ3n) is 2.78. The van der Waals surface area contributed by atoms with Gasteiger partial charge in [0.1, 0.15) is 12.3 Å². The van der Waals surface area contributed by atoms with E-state index < -0.39 is 5.79 Å². The largest absolute Gasteiger partial charge is 0.382 e. The van der Waals surface area contributed by atoms with E-state index in [1.54, 1.807) is 13.3 Å². The van der Waals surface area contributed by atoms with E-state index in [1.165, 1.54) is 0 Å². The van der Waals surface area contributed by atoms with Gasteiger partial charge in [0.05, 0.1) is 13.2 Å². The van der Waals surface area contributed by atoms with Gasteiger partial charge in [-0.25, -0.2) is 0 Å². The molecule has 0 amide bonds. The highest BCUT2D eigenvalue weighted by Crippen LogP contribution is 2.26. The molecule has 0 aliphatic carbocycles. The van der Waals surface area contributed by atoms with Crippen molar-refractivity contribution in [3.05, 3.63) is 29.6 Å². The summed E-state index contributed by atoms with van der Waals surface area (Å²) in [5.74, 6) is -0.953. The molecule has 0 bridgehead atoms. The summed E-state index contributed by atoms with van der Waals surface area (Å²) >= 11 is 0. The highest BCUT2D eigenvalue weighted by atomic mass is 16.7. The van der Waals surface area contributed by atoms with Crippen molar-refractivity contribution in [1.82, 2.24) is 4.98 Å². The lowest BCUT2D eigenvalue weighted by Gasteiger charge is -2.32. The summed E-state index contributed by atoms with van der Waals surface area (Å²) in [5.41, 5.74) is 1.82. The highest BCUT2D eigenvalue weighted by Gasteiger charge is 2.36. The fraction of sp³-hybridized carbons (Fsp3) is 0.667. The van der Waals surface area contributed by atoms with Crippen molar-refractivity contribution >= 4 is 0 Å². The zero-order valence-electron chi connectivity index (χ0n) is 12.8. The zero-order chi connectivity index (χ0) is 14.8. The summed E-state index contributed by atoms with van der Waals surface area (Å²) in [5, 5.41) is 0. The number of rotatable bonds is 10. The van der Waals surface area contributed by atoms with Crippen LogP contribution in [0.2, 0.25) is 0 Å². The Bertz CT molecular complexity index is 361. The van der Waals surface area contributed by atoms with E-state index in [9.17, 15) is 0 Å². The maximum Gasteiger partial charge on any atom is 0.236 e. The molecule has 0 aliphatic heterocycles. The number of hydrogen-bond donors (Lipinski definition) is 0. The first-order chi connectivity index (χ1) is 9.68. The van der Waals surface area contributed by atoms with E-state index in [4.69, 9.17) is 18.9 Å². The molecule has 0 N–H and O–H groups in total. The van der Waals surface area contributed by atoms with Gasteiger partial charge in [0.15, 0.2) is 0 Å². The summed E-state index contributed by atoms with van der Waals surface area (Å²) in [6.45, 7) is 8.20. The average Bonchev–Trinajstić information content (AvgIpc) is 2.45. The van der Waals surface area contributed by atoms with E-state index >= 15 is 0 Å². The molecule has 20 heavy (non-hydrogen) atoms. The third-order valence-corrected chi connectivity index (χ3v) is 2.78. The fourth-order valence-corrected chi connectivity index (χ4v) is 1.86. The predicted octanol–water partition coefficient (Wildman–Crippen LogP) is 2.28. The third kappa shape index (κ3) is 4.83. The Hall–Kier alpha value is -1.01. The van der Waals surface area contributed by atoms with Gasteiger partial charge in [0.2, 0.25) is 5.79 Å². The number of ether oxygens (including phenoxy) is 4. The summed E-state index contributed by atoms with van der Waals surface area (Å²) < 4.78 is 22.2. The second-order valence-corrected chi connectivity index (χ2v) is 4.39. The Morgan fingerprint density at radius 2 is 1.80 bits per heavy atom. The Balaban J connectivity index is 2.87. The van der Waals surface area contributed by atoms with Crippen LogP contribution < -0.4 is 0 Å². The molecule has 1 rings (SSSR count). The van der Waals surface area contributed by atoms with Crippen LogP contribution in [-0.2, 0) is 24.7 Å². The molecule has 0 aliphatic rings. The van der Waals surface area contributed by atoms with Gasteiger partial charge in [-0.3, -0.25) is 4.98 Å². The van der Waals surface area contributed by atoms with Crippen LogP contribution in [0.15, 0.2) is 18.3 Å². The minimum atomic E-state index is -0.953. The molecule has 0 saturated heterocycles. The molecule has 5 nitrogen and oxygen atoms in total. The Morgan fingerprint density at radius 3 is 2.30 bits per heavy atom. The number of nitrogens with zero attached hydrogens (tertiary/aromatic N) is 1. The summed E-state index contributed by atoms with van der Waals surface area (Å²) in [7, 11) is 1.64. The normalized spacial score (nSPS) is 11.8. The molecular weight excluding hydrogens is 258 g/mol. The topological polar surface area (TPSA) is 49.8 Å². The van der Waals surface area contributed by atoms with Crippen molar-refractivity contribution in [2.24, 2.45) is 0 Å². The minimum Gasteiger partial charge on any atom is -0.382 e.